The molecule has 0 saturated carbocycles. The summed E-state index contributed by atoms with van der Waals surface area (Å²) in [6.07, 6.45) is 5.32. The SMILES string of the molecule is CC(C)=CCCC(C)C[C@H](N[S@](=O)C(C)(C)C)B1OC(C)(C)C(C)(C)O1. The lowest BCUT2D eigenvalue weighted by Crippen LogP contribution is -2.50. The van der Waals surface area contributed by atoms with Crippen LogP contribution in [0.15, 0.2) is 11.6 Å². The number of rotatable bonds is 8. The molecule has 4 nitrogen and oxygen atoms in total. The molecular formula is C20H40BNO3S. The molecule has 1 N–H and O–H groups in total. The van der Waals surface area contributed by atoms with Crippen LogP contribution in [0.1, 0.15) is 88.5 Å². The second kappa shape index (κ2) is 8.89. The van der Waals surface area contributed by atoms with Crippen LogP contribution >= 0.6 is 0 Å². The fourth-order valence-corrected chi connectivity index (χ4v) is 3.63. The molecule has 0 bridgehead atoms. The molecule has 152 valence electrons. The molecule has 0 aromatic rings. The van der Waals surface area contributed by atoms with Crippen molar-refractivity contribution in [1.29, 1.82) is 0 Å². The molecule has 1 aliphatic heterocycles. The highest BCUT2D eigenvalue weighted by Gasteiger charge is 2.54. The highest BCUT2D eigenvalue weighted by Crippen LogP contribution is 2.38. The Balaban J connectivity index is 2.87. The molecule has 0 aliphatic carbocycles. The minimum Gasteiger partial charge on any atom is -0.402 e. The van der Waals surface area contributed by atoms with Crippen molar-refractivity contribution in [2.45, 2.75) is 110 Å². The molecule has 1 fully saturated rings. The van der Waals surface area contributed by atoms with Crippen molar-refractivity contribution in [2.24, 2.45) is 5.92 Å². The number of hydrogen-bond donors (Lipinski definition) is 1. The summed E-state index contributed by atoms with van der Waals surface area (Å²) in [4.78, 5) is 0. The monoisotopic (exact) mass is 385 g/mol. The lowest BCUT2D eigenvalue weighted by atomic mass is 9.74. The zero-order chi connectivity index (χ0) is 20.3. The zero-order valence-corrected chi connectivity index (χ0v) is 19.4. The Labute approximate surface area is 164 Å². The van der Waals surface area contributed by atoms with E-state index in [2.05, 4.69) is 59.3 Å². The Kier molecular flexibility index (Phi) is 8.16. The van der Waals surface area contributed by atoms with Gasteiger partial charge in [-0.05, 0) is 87.5 Å². The largest absolute Gasteiger partial charge is 0.477 e. The van der Waals surface area contributed by atoms with E-state index < -0.39 is 18.1 Å². The lowest BCUT2D eigenvalue weighted by molar-refractivity contribution is 0.00578. The molecule has 0 aromatic heterocycles. The van der Waals surface area contributed by atoms with Crippen molar-refractivity contribution in [3.63, 3.8) is 0 Å². The van der Waals surface area contributed by atoms with E-state index in [0.717, 1.165) is 19.3 Å². The Hall–Kier alpha value is -0.165. The second-order valence-electron chi connectivity index (χ2n) is 9.93. The second-order valence-corrected chi connectivity index (χ2v) is 11.9. The molecule has 1 rings (SSSR count). The maximum Gasteiger partial charge on any atom is 0.477 e. The van der Waals surface area contributed by atoms with Crippen LogP contribution in [-0.4, -0.2) is 33.2 Å². The van der Waals surface area contributed by atoms with Gasteiger partial charge in [-0.3, -0.25) is 0 Å². The smallest absolute Gasteiger partial charge is 0.402 e. The standard InChI is InChI=1S/C20H40BNO3S/c1-15(2)12-11-13-16(3)14-17(22-26(23)18(4,5)6)21-24-19(7,8)20(9,10)25-21/h12,16-17,22H,11,13-14H2,1-10H3/t16?,17-,26+/m0/s1. The number of hydrogen-bond acceptors (Lipinski definition) is 3. The molecule has 0 radical (unpaired) electrons. The van der Waals surface area contributed by atoms with Crippen LogP contribution in [0.25, 0.3) is 0 Å². The van der Waals surface area contributed by atoms with Crippen LogP contribution in [0.4, 0.5) is 0 Å². The Morgan fingerprint density at radius 3 is 2.08 bits per heavy atom. The van der Waals surface area contributed by atoms with Crippen LogP contribution in [0.2, 0.25) is 0 Å². The predicted octanol–water partition coefficient (Wildman–Crippen LogP) is 4.81. The van der Waals surface area contributed by atoms with Gasteiger partial charge >= 0.3 is 7.12 Å². The third-order valence-corrected chi connectivity index (χ3v) is 6.91. The van der Waals surface area contributed by atoms with Gasteiger partial charge in [-0.25, -0.2) is 8.93 Å². The third kappa shape index (κ3) is 6.77. The normalized spacial score (nSPS) is 22.8. The summed E-state index contributed by atoms with van der Waals surface area (Å²) in [6.45, 7) is 20.7. The maximum absolute atomic E-state index is 12.7. The molecule has 1 aliphatic rings. The third-order valence-electron chi connectivity index (χ3n) is 5.28. The summed E-state index contributed by atoms with van der Waals surface area (Å²) in [7, 11) is -1.56. The van der Waals surface area contributed by atoms with Crippen molar-refractivity contribution in [1.82, 2.24) is 4.72 Å². The van der Waals surface area contributed by atoms with Crippen LogP contribution in [0.3, 0.4) is 0 Å². The van der Waals surface area contributed by atoms with Gasteiger partial charge in [0.25, 0.3) is 0 Å². The van der Waals surface area contributed by atoms with Gasteiger partial charge in [-0.15, -0.1) is 0 Å². The molecule has 0 amide bonds. The van der Waals surface area contributed by atoms with Gasteiger partial charge in [0, 0.05) is 0 Å². The molecule has 1 saturated heterocycles. The van der Waals surface area contributed by atoms with Crippen LogP contribution in [0.5, 0.6) is 0 Å². The first-order valence-electron chi connectivity index (χ1n) is 9.83. The minimum absolute atomic E-state index is 0.0992. The molecule has 26 heavy (non-hydrogen) atoms. The number of nitrogens with one attached hydrogen (secondary N) is 1. The summed E-state index contributed by atoms with van der Waals surface area (Å²) >= 11 is 0. The first-order valence-corrected chi connectivity index (χ1v) is 11.0. The summed E-state index contributed by atoms with van der Waals surface area (Å²) in [5, 5.41) is 0. The van der Waals surface area contributed by atoms with E-state index in [4.69, 9.17) is 9.31 Å². The molecule has 3 atom stereocenters. The van der Waals surface area contributed by atoms with Gasteiger partial charge in [0.2, 0.25) is 0 Å². The van der Waals surface area contributed by atoms with E-state index in [9.17, 15) is 4.21 Å². The molecule has 1 unspecified atom stereocenters. The van der Waals surface area contributed by atoms with E-state index in [1.165, 1.54) is 5.57 Å². The van der Waals surface area contributed by atoms with Crippen molar-refractivity contribution in [3.8, 4) is 0 Å². The molecule has 1 heterocycles. The van der Waals surface area contributed by atoms with Crippen LogP contribution in [-0.2, 0) is 20.3 Å². The van der Waals surface area contributed by atoms with Gasteiger partial charge in [0.1, 0.15) is 0 Å². The topological polar surface area (TPSA) is 47.6 Å². The highest BCUT2D eigenvalue weighted by atomic mass is 32.2. The van der Waals surface area contributed by atoms with Crippen molar-refractivity contribution in [2.75, 3.05) is 0 Å². The Bertz CT molecular complexity index is 506. The molecule has 0 aromatic carbocycles. The van der Waals surface area contributed by atoms with E-state index in [0.29, 0.717) is 5.92 Å². The first-order chi connectivity index (χ1) is 11.7. The van der Waals surface area contributed by atoms with E-state index >= 15 is 0 Å². The lowest BCUT2D eigenvalue weighted by Gasteiger charge is -2.32. The first kappa shape index (κ1) is 23.9. The van der Waals surface area contributed by atoms with Gasteiger partial charge in [0.05, 0.1) is 32.9 Å². The summed E-state index contributed by atoms with van der Waals surface area (Å²) in [6, 6.07) is 0. The average molecular weight is 385 g/mol. The fraction of sp³-hybridized carbons (Fsp3) is 0.900. The highest BCUT2D eigenvalue weighted by molar-refractivity contribution is 7.84. The van der Waals surface area contributed by atoms with Gasteiger partial charge in [0.15, 0.2) is 0 Å². The molecule has 6 heteroatoms. The maximum atomic E-state index is 12.7. The van der Waals surface area contributed by atoms with E-state index in [1.54, 1.807) is 0 Å². The Morgan fingerprint density at radius 2 is 1.65 bits per heavy atom. The van der Waals surface area contributed by atoms with Crippen LogP contribution in [0, 0.1) is 5.92 Å². The fourth-order valence-electron chi connectivity index (χ4n) is 2.79. The van der Waals surface area contributed by atoms with Gasteiger partial charge in [-0.2, -0.15) is 0 Å². The summed E-state index contributed by atoms with van der Waals surface area (Å²) < 4.78 is 28.2. The zero-order valence-electron chi connectivity index (χ0n) is 18.6. The Morgan fingerprint density at radius 1 is 1.15 bits per heavy atom. The minimum atomic E-state index is -1.16. The molecular weight excluding hydrogens is 345 g/mol. The predicted molar refractivity (Wildman–Crippen MR) is 113 cm³/mol. The average Bonchev–Trinajstić information content (AvgIpc) is 2.65. The molecule has 0 spiro atoms. The van der Waals surface area contributed by atoms with Crippen LogP contribution < -0.4 is 4.72 Å². The quantitative estimate of drug-likeness (QED) is 0.482. The summed E-state index contributed by atoms with van der Waals surface area (Å²) in [5.41, 5.74) is 0.588. The van der Waals surface area contributed by atoms with Crippen molar-refractivity contribution in [3.05, 3.63) is 11.6 Å². The van der Waals surface area contributed by atoms with Gasteiger partial charge in [-0.1, -0.05) is 18.6 Å². The van der Waals surface area contributed by atoms with E-state index in [-0.39, 0.29) is 21.9 Å². The van der Waals surface area contributed by atoms with Gasteiger partial charge < -0.3 is 9.31 Å². The van der Waals surface area contributed by atoms with Crippen molar-refractivity contribution >= 4 is 18.1 Å². The number of allylic oxidation sites excluding steroid dienone is 2. The van der Waals surface area contributed by atoms with Crippen molar-refractivity contribution < 1.29 is 13.5 Å². The van der Waals surface area contributed by atoms with E-state index in [1.807, 2.05) is 20.8 Å². The summed E-state index contributed by atoms with van der Waals surface area (Å²) in [5.74, 6) is 0.386.